The molecule has 1 aliphatic carbocycles. The molecule has 114 valence electrons. The molecule has 1 atom stereocenters. The molecule has 0 spiro atoms. The third kappa shape index (κ3) is 2.54. The first-order valence-corrected chi connectivity index (χ1v) is 8.99. The van der Waals surface area contributed by atoms with E-state index in [0.717, 1.165) is 18.3 Å². The Labute approximate surface area is 127 Å². The van der Waals surface area contributed by atoms with Crippen molar-refractivity contribution >= 4 is 22.3 Å². The summed E-state index contributed by atoms with van der Waals surface area (Å²) >= 11 is 0. The predicted molar refractivity (Wildman–Crippen MR) is 84.3 cm³/mol. The van der Waals surface area contributed by atoms with Gasteiger partial charge in [-0.3, -0.25) is 0 Å². The van der Waals surface area contributed by atoms with E-state index in [1.807, 2.05) is 39.8 Å². The van der Waals surface area contributed by atoms with Crippen LogP contribution < -0.4 is 5.46 Å². The van der Waals surface area contributed by atoms with Crippen LogP contribution in [0.2, 0.25) is 0 Å². The average Bonchev–Trinajstić information content (AvgIpc) is 3.19. The number of nitrogens with one attached hydrogen (secondary N) is 1. The molecule has 1 unspecified atom stereocenters. The zero-order valence-corrected chi connectivity index (χ0v) is 13.8. The van der Waals surface area contributed by atoms with Gasteiger partial charge in [-0.1, -0.05) is 12.1 Å². The highest BCUT2D eigenvalue weighted by Gasteiger charge is 2.51. The minimum absolute atomic E-state index is 0.0418. The van der Waals surface area contributed by atoms with Gasteiger partial charge in [0.25, 0.3) is 0 Å². The highest BCUT2D eigenvalue weighted by atomic mass is 32.2. The standard InChI is InChI=1S/C15H22BNO3S/c1-14(2)15(3,4)20-16(19-14)11-5-7-12(8-6-11)21(17,18)13-9-10-13/h5-8,13,17H,9-10H2,1-4H3. The van der Waals surface area contributed by atoms with E-state index in [-0.39, 0.29) is 16.5 Å². The Balaban J connectivity index is 1.83. The summed E-state index contributed by atoms with van der Waals surface area (Å²) in [5.41, 5.74) is 0.170. The molecule has 3 rings (SSSR count). The van der Waals surface area contributed by atoms with Crippen molar-refractivity contribution in [3.63, 3.8) is 0 Å². The van der Waals surface area contributed by atoms with Crippen LogP contribution in [-0.4, -0.2) is 27.8 Å². The quantitative estimate of drug-likeness (QED) is 0.873. The summed E-state index contributed by atoms with van der Waals surface area (Å²) in [5.74, 6) is 0. The first kappa shape index (κ1) is 15.1. The maximum atomic E-state index is 12.4. The minimum Gasteiger partial charge on any atom is -0.399 e. The van der Waals surface area contributed by atoms with Gasteiger partial charge in [-0.05, 0) is 58.1 Å². The predicted octanol–water partition coefficient (Wildman–Crippen LogP) is 2.55. The second-order valence-electron chi connectivity index (χ2n) is 6.96. The molecule has 1 aromatic rings. The molecule has 4 nitrogen and oxygen atoms in total. The van der Waals surface area contributed by atoms with E-state index in [9.17, 15) is 4.21 Å². The number of rotatable bonds is 3. The van der Waals surface area contributed by atoms with Gasteiger partial charge in [0.1, 0.15) is 0 Å². The van der Waals surface area contributed by atoms with Gasteiger partial charge in [0.15, 0.2) is 0 Å². The molecule has 2 aliphatic rings. The minimum atomic E-state index is -2.63. The molecular formula is C15H22BNO3S. The van der Waals surface area contributed by atoms with Crippen LogP contribution in [0.25, 0.3) is 0 Å². The van der Waals surface area contributed by atoms with Gasteiger partial charge in [0.05, 0.1) is 20.9 Å². The summed E-state index contributed by atoms with van der Waals surface area (Å²) in [7, 11) is -3.04. The lowest BCUT2D eigenvalue weighted by molar-refractivity contribution is 0.00578. The maximum absolute atomic E-state index is 12.4. The Bertz CT molecular complexity index is 632. The fourth-order valence-electron chi connectivity index (χ4n) is 2.40. The Kier molecular flexibility index (Phi) is 3.28. The van der Waals surface area contributed by atoms with Gasteiger partial charge in [-0.15, -0.1) is 0 Å². The lowest BCUT2D eigenvalue weighted by atomic mass is 9.79. The van der Waals surface area contributed by atoms with Crippen LogP contribution >= 0.6 is 0 Å². The second-order valence-corrected chi connectivity index (χ2v) is 9.30. The van der Waals surface area contributed by atoms with Gasteiger partial charge in [-0.25, -0.2) is 8.99 Å². The first-order valence-electron chi connectivity index (χ1n) is 7.37. The van der Waals surface area contributed by atoms with E-state index >= 15 is 0 Å². The van der Waals surface area contributed by atoms with Crippen LogP contribution in [-0.2, 0) is 19.0 Å². The molecule has 1 saturated heterocycles. The fraction of sp³-hybridized carbons (Fsp3) is 0.600. The van der Waals surface area contributed by atoms with Crippen molar-refractivity contribution in [3.05, 3.63) is 24.3 Å². The molecule has 0 bridgehead atoms. The van der Waals surface area contributed by atoms with E-state index in [1.165, 1.54) is 0 Å². The molecule has 21 heavy (non-hydrogen) atoms. The monoisotopic (exact) mass is 307 g/mol. The SMILES string of the molecule is CC1(C)OB(c2ccc(S(=N)(=O)C3CC3)cc2)OC1(C)C. The van der Waals surface area contributed by atoms with Gasteiger partial charge < -0.3 is 9.31 Å². The summed E-state index contributed by atoms with van der Waals surface area (Å²) in [6.07, 6.45) is 1.81. The molecule has 0 aromatic heterocycles. The number of hydrogen-bond acceptors (Lipinski definition) is 4. The van der Waals surface area contributed by atoms with E-state index in [2.05, 4.69) is 0 Å². The molecule has 0 amide bonds. The molecule has 1 heterocycles. The molecule has 1 aromatic carbocycles. The van der Waals surface area contributed by atoms with Crippen LogP contribution in [0.15, 0.2) is 29.2 Å². The highest BCUT2D eigenvalue weighted by molar-refractivity contribution is 7.93. The first-order chi connectivity index (χ1) is 9.63. The molecule has 1 saturated carbocycles. The highest BCUT2D eigenvalue weighted by Crippen LogP contribution is 2.37. The number of hydrogen-bond donors (Lipinski definition) is 1. The van der Waals surface area contributed by atoms with Crippen molar-refractivity contribution in [3.8, 4) is 0 Å². The number of benzene rings is 1. The van der Waals surface area contributed by atoms with Crippen LogP contribution in [0.5, 0.6) is 0 Å². The van der Waals surface area contributed by atoms with Crippen LogP contribution in [0, 0.1) is 4.78 Å². The van der Waals surface area contributed by atoms with Crippen molar-refractivity contribution in [2.24, 2.45) is 0 Å². The van der Waals surface area contributed by atoms with E-state index in [4.69, 9.17) is 14.1 Å². The lowest BCUT2D eigenvalue weighted by Gasteiger charge is -2.32. The summed E-state index contributed by atoms with van der Waals surface area (Å²) < 4.78 is 32.4. The van der Waals surface area contributed by atoms with Crippen molar-refractivity contribution < 1.29 is 13.5 Å². The normalized spacial score (nSPS) is 26.6. The molecule has 6 heteroatoms. The zero-order valence-electron chi connectivity index (χ0n) is 13.0. The largest absolute Gasteiger partial charge is 0.494 e. The van der Waals surface area contributed by atoms with Crippen LogP contribution in [0.3, 0.4) is 0 Å². The molecule has 1 aliphatic heterocycles. The van der Waals surface area contributed by atoms with Crippen LogP contribution in [0.4, 0.5) is 0 Å². The Morgan fingerprint density at radius 2 is 1.57 bits per heavy atom. The third-order valence-corrected chi connectivity index (χ3v) is 7.13. The zero-order chi connectivity index (χ0) is 15.5. The summed E-state index contributed by atoms with van der Waals surface area (Å²) in [6, 6.07) is 7.31. The third-order valence-electron chi connectivity index (χ3n) is 4.75. The van der Waals surface area contributed by atoms with E-state index in [0.29, 0.717) is 4.90 Å². The fourth-order valence-corrected chi connectivity index (χ4v) is 4.12. The summed E-state index contributed by atoms with van der Waals surface area (Å²) in [5, 5.41) is 0.0418. The van der Waals surface area contributed by atoms with E-state index < -0.39 is 16.8 Å². The Hall–Kier alpha value is -0.845. The van der Waals surface area contributed by atoms with Crippen molar-refractivity contribution in [1.29, 1.82) is 4.78 Å². The van der Waals surface area contributed by atoms with Gasteiger partial charge in [-0.2, -0.15) is 0 Å². The lowest BCUT2D eigenvalue weighted by Crippen LogP contribution is -2.41. The van der Waals surface area contributed by atoms with Gasteiger partial charge >= 0.3 is 7.12 Å². The molecule has 2 fully saturated rings. The topological polar surface area (TPSA) is 59.4 Å². The smallest absolute Gasteiger partial charge is 0.399 e. The molecular weight excluding hydrogens is 285 g/mol. The van der Waals surface area contributed by atoms with Crippen molar-refractivity contribution in [1.82, 2.24) is 0 Å². The van der Waals surface area contributed by atoms with Gasteiger partial charge in [0.2, 0.25) is 0 Å². The Morgan fingerprint density at radius 3 is 2.00 bits per heavy atom. The summed E-state index contributed by atoms with van der Waals surface area (Å²) in [6.45, 7) is 8.08. The molecule has 1 N–H and O–H groups in total. The molecule has 0 radical (unpaired) electrons. The van der Waals surface area contributed by atoms with Crippen LogP contribution in [0.1, 0.15) is 40.5 Å². The summed E-state index contributed by atoms with van der Waals surface area (Å²) in [4.78, 5) is 0.616. The maximum Gasteiger partial charge on any atom is 0.494 e. The second kappa shape index (κ2) is 4.57. The Morgan fingerprint density at radius 1 is 1.10 bits per heavy atom. The van der Waals surface area contributed by atoms with Gasteiger partial charge in [0, 0.05) is 10.1 Å². The van der Waals surface area contributed by atoms with E-state index in [1.54, 1.807) is 12.1 Å². The van der Waals surface area contributed by atoms with Crippen molar-refractivity contribution in [2.45, 2.75) is 61.9 Å². The average molecular weight is 307 g/mol. The van der Waals surface area contributed by atoms with Crippen molar-refractivity contribution in [2.75, 3.05) is 0 Å².